The zero-order valence-corrected chi connectivity index (χ0v) is 13.6. The Hall–Kier alpha value is -1.000. The van der Waals surface area contributed by atoms with Crippen molar-refractivity contribution < 1.29 is 0 Å². The summed E-state index contributed by atoms with van der Waals surface area (Å²) in [7, 11) is 0. The first-order valence-corrected chi connectivity index (χ1v) is 7.30. The van der Waals surface area contributed by atoms with Crippen molar-refractivity contribution in [3.05, 3.63) is 57.0 Å². The number of anilines is 2. The molecular formula is C14H11Cl3N2S. The van der Waals surface area contributed by atoms with Crippen LogP contribution in [0.15, 0.2) is 36.4 Å². The standard InChI is InChI=1S/C14H11Cl3N2S/c1-8-10(16)3-2-4-12(8)18-14(20)19-13-6-5-9(15)7-11(13)17/h2-7H,1H3,(H2,18,19,20). The summed E-state index contributed by atoms with van der Waals surface area (Å²) in [5.74, 6) is 0. The minimum atomic E-state index is 0.430. The van der Waals surface area contributed by atoms with Gasteiger partial charge in [-0.05, 0) is 55.0 Å². The van der Waals surface area contributed by atoms with E-state index in [0.29, 0.717) is 25.9 Å². The molecule has 0 fully saturated rings. The van der Waals surface area contributed by atoms with E-state index in [0.717, 1.165) is 11.3 Å². The molecule has 0 radical (unpaired) electrons. The average molecular weight is 346 g/mol. The molecular weight excluding hydrogens is 335 g/mol. The largest absolute Gasteiger partial charge is 0.332 e. The van der Waals surface area contributed by atoms with Crippen LogP contribution in [0.3, 0.4) is 0 Å². The molecule has 0 unspecified atom stereocenters. The monoisotopic (exact) mass is 344 g/mol. The predicted molar refractivity (Wildman–Crippen MR) is 92.5 cm³/mol. The minimum absolute atomic E-state index is 0.430. The lowest BCUT2D eigenvalue weighted by molar-refractivity contribution is 1.45. The average Bonchev–Trinajstić information content (AvgIpc) is 2.38. The molecule has 20 heavy (non-hydrogen) atoms. The Balaban J connectivity index is 2.11. The Labute approximate surface area is 138 Å². The molecule has 0 aliphatic heterocycles. The van der Waals surface area contributed by atoms with E-state index in [1.165, 1.54) is 0 Å². The minimum Gasteiger partial charge on any atom is -0.332 e. The van der Waals surface area contributed by atoms with Crippen LogP contribution in [0.1, 0.15) is 5.56 Å². The molecule has 2 rings (SSSR count). The number of hydrogen-bond acceptors (Lipinski definition) is 1. The van der Waals surface area contributed by atoms with Crippen molar-refractivity contribution in [1.29, 1.82) is 0 Å². The van der Waals surface area contributed by atoms with E-state index in [9.17, 15) is 0 Å². The molecule has 0 amide bonds. The fourth-order valence-corrected chi connectivity index (χ4v) is 2.46. The van der Waals surface area contributed by atoms with Crippen LogP contribution in [-0.2, 0) is 0 Å². The third-order valence-corrected chi connectivity index (χ3v) is 3.86. The summed E-state index contributed by atoms with van der Waals surface area (Å²) in [4.78, 5) is 0. The maximum absolute atomic E-state index is 6.08. The van der Waals surface area contributed by atoms with E-state index in [1.54, 1.807) is 18.2 Å². The lowest BCUT2D eigenvalue weighted by Crippen LogP contribution is -2.19. The van der Waals surface area contributed by atoms with E-state index >= 15 is 0 Å². The highest BCUT2D eigenvalue weighted by Crippen LogP contribution is 2.26. The van der Waals surface area contributed by atoms with Gasteiger partial charge in [-0.15, -0.1) is 0 Å². The van der Waals surface area contributed by atoms with Crippen LogP contribution in [0.5, 0.6) is 0 Å². The molecule has 104 valence electrons. The maximum atomic E-state index is 6.08. The lowest BCUT2D eigenvalue weighted by Gasteiger charge is -2.14. The van der Waals surface area contributed by atoms with Gasteiger partial charge in [-0.1, -0.05) is 40.9 Å². The summed E-state index contributed by atoms with van der Waals surface area (Å²) in [6, 6.07) is 10.7. The second-order valence-electron chi connectivity index (χ2n) is 4.12. The van der Waals surface area contributed by atoms with Crippen molar-refractivity contribution >= 4 is 63.5 Å². The molecule has 0 spiro atoms. The van der Waals surface area contributed by atoms with E-state index in [-0.39, 0.29) is 0 Å². The Morgan fingerprint density at radius 1 is 0.950 bits per heavy atom. The van der Waals surface area contributed by atoms with Gasteiger partial charge >= 0.3 is 0 Å². The SMILES string of the molecule is Cc1c(Cl)cccc1NC(=S)Nc1ccc(Cl)cc1Cl. The van der Waals surface area contributed by atoms with Crippen LogP contribution in [0.25, 0.3) is 0 Å². The van der Waals surface area contributed by atoms with Crippen LogP contribution in [-0.4, -0.2) is 5.11 Å². The first kappa shape index (κ1) is 15.4. The smallest absolute Gasteiger partial charge is 0.175 e. The number of thiocarbonyl (C=S) groups is 1. The van der Waals surface area contributed by atoms with E-state index in [1.807, 2.05) is 25.1 Å². The Morgan fingerprint density at radius 2 is 1.65 bits per heavy atom. The zero-order valence-electron chi connectivity index (χ0n) is 10.5. The quantitative estimate of drug-likeness (QED) is 0.676. The summed E-state index contributed by atoms with van der Waals surface area (Å²) < 4.78 is 0. The zero-order chi connectivity index (χ0) is 14.7. The summed E-state index contributed by atoms with van der Waals surface area (Å²) >= 11 is 23.2. The van der Waals surface area contributed by atoms with Crippen molar-refractivity contribution in [2.24, 2.45) is 0 Å². The molecule has 0 saturated heterocycles. The third kappa shape index (κ3) is 3.76. The molecule has 0 saturated carbocycles. The van der Waals surface area contributed by atoms with Gasteiger partial charge in [-0.2, -0.15) is 0 Å². The lowest BCUT2D eigenvalue weighted by atomic mass is 10.2. The van der Waals surface area contributed by atoms with Gasteiger partial charge in [0.1, 0.15) is 0 Å². The van der Waals surface area contributed by atoms with Gasteiger partial charge in [0, 0.05) is 15.7 Å². The molecule has 2 aromatic carbocycles. The van der Waals surface area contributed by atoms with Crippen molar-refractivity contribution in [3.8, 4) is 0 Å². The van der Waals surface area contributed by atoms with Crippen molar-refractivity contribution in [1.82, 2.24) is 0 Å². The van der Waals surface area contributed by atoms with Gasteiger partial charge in [0.25, 0.3) is 0 Å². The second-order valence-corrected chi connectivity index (χ2v) is 5.77. The fourth-order valence-electron chi connectivity index (χ4n) is 1.61. The number of halogens is 3. The highest BCUT2D eigenvalue weighted by atomic mass is 35.5. The highest BCUT2D eigenvalue weighted by Gasteiger charge is 2.06. The Kier molecular flexibility index (Phi) is 5.11. The molecule has 2 nitrogen and oxygen atoms in total. The van der Waals surface area contributed by atoms with Gasteiger partial charge in [0.05, 0.1) is 10.7 Å². The Bertz CT molecular complexity index is 659. The van der Waals surface area contributed by atoms with Crippen LogP contribution < -0.4 is 10.6 Å². The Morgan fingerprint density at radius 3 is 2.35 bits per heavy atom. The molecule has 0 aromatic heterocycles. The van der Waals surface area contributed by atoms with Crippen molar-refractivity contribution in [3.63, 3.8) is 0 Å². The fraction of sp³-hybridized carbons (Fsp3) is 0.0714. The molecule has 0 atom stereocenters. The third-order valence-electron chi connectivity index (χ3n) is 2.70. The van der Waals surface area contributed by atoms with Crippen LogP contribution in [0.4, 0.5) is 11.4 Å². The van der Waals surface area contributed by atoms with Crippen LogP contribution in [0, 0.1) is 6.92 Å². The van der Waals surface area contributed by atoms with Gasteiger partial charge in [-0.3, -0.25) is 0 Å². The topological polar surface area (TPSA) is 24.1 Å². The number of nitrogens with one attached hydrogen (secondary N) is 2. The van der Waals surface area contributed by atoms with Crippen molar-refractivity contribution in [2.75, 3.05) is 10.6 Å². The van der Waals surface area contributed by atoms with Crippen molar-refractivity contribution in [2.45, 2.75) is 6.92 Å². The summed E-state index contributed by atoms with van der Waals surface area (Å²) in [5, 5.41) is 8.30. The van der Waals surface area contributed by atoms with Crippen LogP contribution in [0.2, 0.25) is 15.1 Å². The second kappa shape index (κ2) is 6.64. The van der Waals surface area contributed by atoms with E-state index in [2.05, 4.69) is 10.6 Å². The molecule has 0 bridgehead atoms. The van der Waals surface area contributed by atoms with E-state index < -0.39 is 0 Å². The maximum Gasteiger partial charge on any atom is 0.175 e. The van der Waals surface area contributed by atoms with Gasteiger partial charge in [0.2, 0.25) is 0 Å². The van der Waals surface area contributed by atoms with E-state index in [4.69, 9.17) is 47.0 Å². The molecule has 0 aliphatic rings. The molecule has 0 aliphatic carbocycles. The van der Waals surface area contributed by atoms with Gasteiger partial charge in [-0.25, -0.2) is 0 Å². The number of benzene rings is 2. The number of hydrogen-bond donors (Lipinski definition) is 2. The predicted octanol–water partition coefficient (Wildman–Crippen LogP) is 5.76. The number of rotatable bonds is 2. The van der Waals surface area contributed by atoms with Gasteiger partial charge in [0.15, 0.2) is 5.11 Å². The molecule has 6 heteroatoms. The summed E-state index contributed by atoms with van der Waals surface area (Å²) in [5.41, 5.74) is 2.47. The normalized spacial score (nSPS) is 10.2. The first-order chi connectivity index (χ1) is 9.47. The molecule has 2 aromatic rings. The summed E-state index contributed by atoms with van der Waals surface area (Å²) in [6.07, 6.45) is 0. The molecule has 0 heterocycles. The molecule has 2 N–H and O–H groups in total. The first-order valence-electron chi connectivity index (χ1n) is 5.75. The van der Waals surface area contributed by atoms with Crippen LogP contribution >= 0.6 is 47.0 Å². The summed E-state index contributed by atoms with van der Waals surface area (Å²) in [6.45, 7) is 1.92. The highest BCUT2D eigenvalue weighted by molar-refractivity contribution is 7.80. The van der Waals surface area contributed by atoms with Gasteiger partial charge < -0.3 is 10.6 Å².